The third-order valence-electron chi connectivity index (χ3n) is 6.84. The molecule has 1 amide bonds. The molecule has 2 N–H and O–H groups in total. The minimum atomic E-state index is -4.64. The number of carbonyl (C=O) groups is 1. The van der Waals surface area contributed by atoms with E-state index in [2.05, 4.69) is 27.5 Å². The van der Waals surface area contributed by atoms with Gasteiger partial charge in [0.15, 0.2) is 15.5 Å². The summed E-state index contributed by atoms with van der Waals surface area (Å²) in [6.45, 7) is 6.69. The van der Waals surface area contributed by atoms with Gasteiger partial charge in [0.25, 0.3) is 0 Å². The standard InChI is InChI=1S/C30H35F4N5O5S2/c1-6-46(41,42)19-11-12-22(25(17-19)43-5)35-14-7-9-24-27(45-30(32,33)34)39-15-8-10-23(26(39)37-24)36-21-13-16-38(18-20(21)31)28(40)44-29(2,3)4/h8,10-12,15,17,20-21,35-36H,6,13-14,16,18H2,1-5H3/t20-,21+/m0/s1. The van der Waals surface area contributed by atoms with Crippen molar-refractivity contribution < 1.29 is 40.2 Å². The summed E-state index contributed by atoms with van der Waals surface area (Å²) in [5.41, 5.74) is -4.62. The number of pyridine rings is 1. The molecule has 10 nitrogen and oxygen atoms in total. The second-order valence-electron chi connectivity index (χ2n) is 11.3. The van der Waals surface area contributed by atoms with Gasteiger partial charge in [-0.05, 0) is 57.4 Å². The fourth-order valence-electron chi connectivity index (χ4n) is 4.65. The lowest BCUT2D eigenvalue weighted by molar-refractivity contribution is -0.0330. The molecule has 0 spiro atoms. The van der Waals surface area contributed by atoms with E-state index >= 15 is 4.39 Å². The van der Waals surface area contributed by atoms with Gasteiger partial charge in [0.05, 0.1) is 48.3 Å². The number of thioether (sulfide) groups is 1. The summed E-state index contributed by atoms with van der Waals surface area (Å²) >= 11 is -0.366. The van der Waals surface area contributed by atoms with Gasteiger partial charge in [-0.3, -0.25) is 4.40 Å². The Hall–Kier alpha value is -3.84. The average Bonchev–Trinajstić information content (AvgIpc) is 3.31. The molecule has 0 bridgehead atoms. The Labute approximate surface area is 269 Å². The Morgan fingerprint density at radius 3 is 2.57 bits per heavy atom. The van der Waals surface area contributed by atoms with Gasteiger partial charge in [0.2, 0.25) is 0 Å². The number of hydrogen-bond acceptors (Lipinski definition) is 9. The summed E-state index contributed by atoms with van der Waals surface area (Å²) in [6.07, 6.45) is -0.436. The summed E-state index contributed by atoms with van der Waals surface area (Å²) in [6, 6.07) is 6.71. The fraction of sp³-hybridized carbons (Fsp3) is 0.467. The van der Waals surface area contributed by atoms with Crippen molar-refractivity contribution in [3.8, 4) is 17.6 Å². The van der Waals surface area contributed by atoms with Gasteiger partial charge in [0, 0.05) is 30.6 Å². The van der Waals surface area contributed by atoms with Crippen LogP contribution in [-0.4, -0.2) is 84.6 Å². The number of fused-ring (bicyclic) bond motifs is 1. The second-order valence-corrected chi connectivity index (χ2v) is 14.7. The van der Waals surface area contributed by atoms with E-state index in [1.807, 2.05) is 0 Å². The molecule has 0 radical (unpaired) electrons. The maximum Gasteiger partial charge on any atom is 0.447 e. The monoisotopic (exact) mass is 685 g/mol. The van der Waals surface area contributed by atoms with Crippen LogP contribution in [0, 0.1) is 11.8 Å². The van der Waals surface area contributed by atoms with E-state index in [0.29, 0.717) is 11.4 Å². The first-order chi connectivity index (χ1) is 21.5. The second kappa shape index (κ2) is 13.9. The number of amides is 1. The van der Waals surface area contributed by atoms with Crippen molar-refractivity contribution in [3.63, 3.8) is 0 Å². The number of anilines is 2. The summed E-state index contributed by atoms with van der Waals surface area (Å²) in [4.78, 5) is 18.2. The number of rotatable bonds is 8. The van der Waals surface area contributed by atoms with Gasteiger partial charge in [-0.25, -0.2) is 22.6 Å². The molecule has 250 valence electrons. The van der Waals surface area contributed by atoms with Crippen LogP contribution < -0.4 is 15.4 Å². The van der Waals surface area contributed by atoms with Gasteiger partial charge in [-0.15, -0.1) is 0 Å². The van der Waals surface area contributed by atoms with Crippen molar-refractivity contribution in [1.29, 1.82) is 0 Å². The molecule has 2 atom stereocenters. The van der Waals surface area contributed by atoms with Crippen LogP contribution in [0.1, 0.15) is 39.8 Å². The first-order valence-electron chi connectivity index (χ1n) is 14.3. The highest BCUT2D eigenvalue weighted by molar-refractivity contribution is 8.00. The highest BCUT2D eigenvalue weighted by atomic mass is 32.2. The van der Waals surface area contributed by atoms with Gasteiger partial charge in [-0.2, -0.15) is 13.2 Å². The Kier molecular flexibility index (Phi) is 10.6. The number of carbonyl (C=O) groups excluding carboxylic acids is 1. The number of nitrogens with zero attached hydrogens (tertiary/aromatic N) is 3. The smallest absolute Gasteiger partial charge is 0.447 e. The number of hydrogen-bond donors (Lipinski definition) is 2. The molecule has 4 rings (SSSR count). The number of ether oxygens (including phenoxy) is 2. The highest BCUT2D eigenvalue weighted by Crippen LogP contribution is 2.40. The lowest BCUT2D eigenvalue weighted by Gasteiger charge is -2.36. The van der Waals surface area contributed by atoms with E-state index in [9.17, 15) is 26.4 Å². The third-order valence-corrected chi connectivity index (χ3v) is 9.39. The zero-order valence-corrected chi connectivity index (χ0v) is 27.5. The van der Waals surface area contributed by atoms with Gasteiger partial charge in [0.1, 0.15) is 28.2 Å². The number of likely N-dealkylation sites (tertiary alicyclic amines) is 1. The lowest BCUT2D eigenvalue weighted by Crippen LogP contribution is -2.51. The molecule has 1 aromatic carbocycles. The predicted octanol–water partition coefficient (Wildman–Crippen LogP) is 5.97. The topological polar surface area (TPSA) is 114 Å². The van der Waals surface area contributed by atoms with Crippen molar-refractivity contribution in [1.82, 2.24) is 14.3 Å². The normalized spacial score (nSPS) is 17.3. The van der Waals surface area contributed by atoms with Crippen LogP contribution in [-0.2, 0) is 14.6 Å². The Bertz CT molecular complexity index is 1750. The van der Waals surface area contributed by atoms with E-state index in [1.54, 1.807) is 26.8 Å². The fourth-order valence-corrected chi connectivity index (χ4v) is 6.21. The maximum atomic E-state index is 15.2. The summed E-state index contributed by atoms with van der Waals surface area (Å²) in [5, 5.41) is 5.78. The van der Waals surface area contributed by atoms with Crippen molar-refractivity contribution in [2.24, 2.45) is 0 Å². The molecule has 1 saturated heterocycles. The van der Waals surface area contributed by atoms with E-state index < -0.39 is 39.3 Å². The van der Waals surface area contributed by atoms with Crippen LogP contribution in [0.15, 0.2) is 46.5 Å². The van der Waals surface area contributed by atoms with Crippen LogP contribution in [0.4, 0.5) is 33.7 Å². The first-order valence-corrected chi connectivity index (χ1v) is 16.8. The molecule has 16 heteroatoms. The van der Waals surface area contributed by atoms with Crippen molar-refractivity contribution >= 4 is 44.7 Å². The number of piperidine rings is 1. The average molecular weight is 686 g/mol. The molecule has 0 saturated carbocycles. The van der Waals surface area contributed by atoms with Crippen LogP contribution in [0.25, 0.3) is 5.65 Å². The van der Waals surface area contributed by atoms with Gasteiger partial charge < -0.3 is 25.0 Å². The van der Waals surface area contributed by atoms with Crippen molar-refractivity contribution in [3.05, 3.63) is 42.2 Å². The molecule has 0 unspecified atom stereocenters. The Balaban J connectivity index is 1.55. The SMILES string of the molecule is CCS(=O)(=O)c1ccc(NCC#Cc2nc3c(N[C@@H]4CCN(C(=O)OC(C)(C)C)C[C@@H]4F)cccn3c2SC(F)(F)F)c(OC)c1. The molecular weight excluding hydrogens is 650 g/mol. The number of nitrogens with one attached hydrogen (secondary N) is 2. The number of imidazole rings is 1. The van der Waals surface area contributed by atoms with Crippen molar-refractivity contribution in [2.45, 2.75) is 67.4 Å². The zero-order valence-electron chi connectivity index (χ0n) is 25.9. The molecule has 1 aliphatic heterocycles. The molecule has 3 heterocycles. The largest absolute Gasteiger partial charge is 0.495 e. The maximum absolute atomic E-state index is 15.2. The van der Waals surface area contributed by atoms with Crippen LogP contribution in [0.3, 0.4) is 0 Å². The number of methoxy groups -OCH3 is 1. The van der Waals surface area contributed by atoms with Crippen molar-refractivity contribution in [2.75, 3.05) is 43.1 Å². The quantitative estimate of drug-likeness (QED) is 0.168. The first kappa shape index (κ1) is 35.0. The molecule has 0 aliphatic carbocycles. The van der Waals surface area contributed by atoms with E-state index in [-0.39, 0.29) is 70.6 Å². The number of aromatic nitrogens is 2. The van der Waals surface area contributed by atoms with E-state index in [1.165, 1.54) is 53.8 Å². The summed E-state index contributed by atoms with van der Waals surface area (Å²) in [7, 11) is -2.07. The van der Waals surface area contributed by atoms with Crippen LogP contribution in [0.5, 0.6) is 5.75 Å². The molecule has 2 aromatic heterocycles. The zero-order chi connectivity index (χ0) is 33.9. The molecule has 1 fully saturated rings. The minimum absolute atomic E-state index is 0.0227. The Morgan fingerprint density at radius 1 is 1.20 bits per heavy atom. The Morgan fingerprint density at radius 2 is 1.93 bits per heavy atom. The molecule has 1 aliphatic rings. The van der Waals surface area contributed by atoms with Gasteiger partial charge in [-0.1, -0.05) is 12.8 Å². The van der Waals surface area contributed by atoms with Crippen LogP contribution >= 0.6 is 11.8 Å². The third kappa shape index (κ3) is 8.69. The summed E-state index contributed by atoms with van der Waals surface area (Å²) in [5.74, 6) is 5.64. The van der Waals surface area contributed by atoms with Gasteiger partial charge >= 0.3 is 11.6 Å². The van der Waals surface area contributed by atoms with E-state index in [0.717, 1.165) is 0 Å². The highest BCUT2D eigenvalue weighted by Gasteiger charge is 2.35. The van der Waals surface area contributed by atoms with E-state index in [4.69, 9.17) is 9.47 Å². The number of alkyl halides is 4. The lowest BCUT2D eigenvalue weighted by atomic mass is 10.0. The minimum Gasteiger partial charge on any atom is -0.495 e. The molecule has 3 aromatic rings. The molecule has 46 heavy (non-hydrogen) atoms. The van der Waals surface area contributed by atoms with Crippen LogP contribution in [0.2, 0.25) is 0 Å². The predicted molar refractivity (Wildman–Crippen MR) is 168 cm³/mol. The number of benzene rings is 1. The molecular formula is C30H35F4N5O5S2. The number of halogens is 4. The number of sulfone groups is 1. The summed E-state index contributed by atoms with van der Waals surface area (Å²) < 4.78 is 92.3.